The minimum atomic E-state index is -0.599. The van der Waals surface area contributed by atoms with Crippen LogP contribution in [0.4, 0.5) is 11.4 Å². The molecule has 9 heteroatoms. The molecule has 112 valence electrons. The first-order chi connectivity index (χ1) is 10.0. The number of benzene rings is 1. The molecule has 2 N–H and O–H groups in total. The Kier molecular flexibility index (Phi) is 4.33. The molecule has 0 atom stereocenters. The number of aliphatic hydroxyl groups is 1. The van der Waals surface area contributed by atoms with E-state index < -0.39 is 10.9 Å². The van der Waals surface area contributed by atoms with Gasteiger partial charge in [0.15, 0.2) is 5.75 Å². The van der Waals surface area contributed by atoms with E-state index in [9.17, 15) is 19.7 Å². The fraction of sp³-hybridized carbons (Fsp3) is 0.333. The summed E-state index contributed by atoms with van der Waals surface area (Å²) in [6.45, 7) is -0.307. The molecule has 0 aromatic heterocycles. The van der Waals surface area contributed by atoms with Crippen molar-refractivity contribution in [2.24, 2.45) is 0 Å². The van der Waals surface area contributed by atoms with E-state index in [1.54, 1.807) is 0 Å². The first-order valence-corrected chi connectivity index (χ1v) is 6.13. The van der Waals surface area contributed by atoms with Gasteiger partial charge in [0.2, 0.25) is 5.91 Å². The lowest BCUT2D eigenvalue weighted by Crippen LogP contribution is -2.43. The van der Waals surface area contributed by atoms with Gasteiger partial charge in [0.1, 0.15) is 6.54 Å². The smallest absolute Gasteiger partial charge is 0.331 e. The van der Waals surface area contributed by atoms with Crippen LogP contribution in [0.25, 0.3) is 0 Å². The molecule has 0 aliphatic carbocycles. The van der Waals surface area contributed by atoms with Crippen molar-refractivity contribution < 1.29 is 24.4 Å². The van der Waals surface area contributed by atoms with Crippen LogP contribution in [0.5, 0.6) is 5.75 Å². The summed E-state index contributed by atoms with van der Waals surface area (Å²) in [5, 5.41) is 21.8. The minimum absolute atomic E-state index is 0.0513. The van der Waals surface area contributed by atoms with Gasteiger partial charge in [-0.05, 0) is 6.07 Å². The summed E-state index contributed by atoms with van der Waals surface area (Å²) in [5.41, 5.74) is 0.229. The van der Waals surface area contributed by atoms with Crippen molar-refractivity contribution in [2.45, 2.75) is 0 Å². The summed E-state index contributed by atoms with van der Waals surface area (Å²) in [6, 6.07) is 3.85. The first-order valence-electron chi connectivity index (χ1n) is 6.13. The predicted octanol–water partition coefficient (Wildman–Crippen LogP) is -0.571. The van der Waals surface area contributed by atoms with E-state index >= 15 is 0 Å². The maximum atomic E-state index is 11.6. The van der Waals surface area contributed by atoms with Gasteiger partial charge in [-0.25, -0.2) is 4.79 Å². The quantitative estimate of drug-likeness (QED) is 0.323. The number of esters is 1. The zero-order valence-electron chi connectivity index (χ0n) is 10.9. The number of nitro benzene ring substituents is 1. The highest BCUT2D eigenvalue weighted by Gasteiger charge is 2.27. The maximum absolute atomic E-state index is 11.6. The third-order valence-corrected chi connectivity index (χ3v) is 2.81. The van der Waals surface area contributed by atoms with E-state index in [0.717, 1.165) is 6.07 Å². The van der Waals surface area contributed by atoms with Gasteiger partial charge in [-0.2, -0.15) is 0 Å². The van der Waals surface area contributed by atoms with Gasteiger partial charge >= 0.3 is 5.97 Å². The average molecular weight is 295 g/mol. The van der Waals surface area contributed by atoms with Crippen LogP contribution in [0, 0.1) is 10.1 Å². The Balaban J connectivity index is 2.20. The van der Waals surface area contributed by atoms with Gasteiger partial charge in [-0.3, -0.25) is 14.9 Å². The van der Waals surface area contributed by atoms with Crippen molar-refractivity contribution in [2.75, 3.05) is 31.1 Å². The number of hydrogen-bond donors (Lipinski definition) is 2. The van der Waals surface area contributed by atoms with E-state index in [0.29, 0.717) is 5.69 Å². The molecule has 1 amide bonds. The molecule has 0 spiro atoms. The highest BCUT2D eigenvalue weighted by molar-refractivity contribution is 5.89. The molecule has 9 nitrogen and oxygen atoms in total. The highest BCUT2D eigenvalue weighted by atomic mass is 16.6. The molecule has 1 aliphatic rings. The number of carbonyl (C=O) groups is 2. The summed E-state index contributed by atoms with van der Waals surface area (Å²) in [4.78, 5) is 34.7. The van der Waals surface area contributed by atoms with E-state index in [1.807, 2.05) is 0 Å². The van der Waals surface area contributed by atoms with Crippen LogP contribution >= 0.6 is 0 Å². The van der Waals surface area contributed by atoms with E-state index in [1.165, 1.54) is 17.0 Å². The van der Waals surface area contributed by atoms with Crippen LogP contribution in [0.1, 0.15) is 0 Å². The Bertz CT molecular complexity index is 588. The number of anilines is 1. The van der Waals surface area contributed by atoms with E-state index in [4.69, 9.17) is 9.84 Å². The zero-order chi connectivity index (χ0) is 15.4. The molecular weight excluding hydrogens is 282 g/mol. The number of amides is 1. The highest BCUT2D eigenvalue weighted by Crippen LogP contribution is 2.34. The molecule has 2 rings (SSSR count). The van der Waals surface area contributed by atoms with Crippen molar-refractivity contribution in [3.63, 3.8) is 0 Å². The molecular formula is C12H13N3O6. The largest absolute Gasteiger partial charge is 0.423 e. The van der Waals surface area contributed by atoms with Gasteiger partial charge < -0.3 is 20.1 Å². The lowest BCUT2D eigenvalue weighted by molar-refractivity contribution is -0.384. The predicted molar refractivity (Wildman–Crippen MR) is 71.0 cm³/mol. The number of nitro groups is 1. The molecule has 1 aromatic carbocycles. The number of aliphatic hydroxyl groups excluding tert-OH is 1. The van der Waals surface area contributed by atoms with Gasteiger partial charge in [0, 0.05) is 12.6 Å². The fourth-order valence-corrected chi connectivity index (χ4v) is 1.92. The number of rotatable bonds is 5. The number of hydrogen-bond acceptors (Lipinski definition) is 7. The molecule has 0 saturated carbocycles. The summed E-state index contributed by atoms with van der Waals surface area (Å²) in [5.74, 6) is -0.920. The van der Waals surface area contributed by atoms with Crippen molar-refractivity contribution in [1.82, 2.24) is 5.32 Å². The molecule has 1 aromatic rings. The van der Waals surface area contributed by atoms with Crippen LogP contribution in [0.2, 0.25) is 0 Å². The normalized spacial score (nSPS) is 13.4. The topological polar surface area (TPSA) is 122 Å². The minimum Gasteiger partial charge on any atom is -0.423 e. The van der Waals surface area contributed by atoms with Crippen molar-refractivity contribution in [3.8, 4) is 5.75 Å². The molecule has 1 heterocycles. The third kappa shape index (κ3) is 3.45. The lowest BCUT2D eigenvalue weighted by Gasteiger charge is -2.28. The second-order valence-electron chi connectivity index (χ2n) is 4.31. The Morgan fingerprint density at radius 1 is 1.52 bits per heavy atom. The zero-order valence-corrected chi connectivity index (χ0v) is 10.9. The number of fused-ring (bicyclic) bond motifs is 1. The average Bonchev–Trinajstić information content (AvgIpc) is 2.44. The van der Waals surface area contributed by atoms with Crippen LogP contribution in [0.3, 0.4) is 0 Å². The maximum Gasteiger partial charge on any atom is 0.331 e. The molecule has 0 bridgehead atoms. The monoisotopic (exact) mass is 295 g/mol. The standard InChI is InChI=1S/C12H13N3O6/c16-4-3-13-11(17)6-14-7-12(18)21-10-5-8(15(19)20)1-2-9(10)14/h1-2,5,16H,3-4,6-7H2,(H,13,17). The van der Waals surface area contributed by atoms with Gasteiger partial charge in [0.05, 0.1) is 29.8 Å². The van der Waals surface area contributed by atoms with Gasteiger partial charge in [-0.1, -0.05) is 0 Å². The summed E-state index contributed by atoms with van der Waals surface area (Å²) in [7, 11) is 0. The summed E-state index contributed by atoms with van der Waals surface area (Å²) >= 11 is 0. The Morgan fingerprint density at radius 3 is 2.95 bits per heavy atom. The van der Waals surface area contributed by atoms with Crippen molar-refractivity contribution in [1.29, 1.82) is 0 Å². The van der Waals surface area contributed by atoms with Crippen molar-refractivity contribution >= 4 is 23.3 Å². The van der Waals surface area contributed by atoms with E-state index in [2.05, 4.69) is 5.32 Å². The van der Waals surface area contributed by atoms with Crippen LogP contribution in [-0.4, -0.2) is 48.1 Å². The number of nitrogens with zero attached hydrogens (tertiary/aromatic N) is 2. The SMILES string of the molecule is O=C(CN1CC(=O)Oc2cc([N+](=O)[O-])ccc21)NCCO. The molecule has 0 saturated heterocycles. The van der Waals surface area contributed by atoms with Crippen molar-refractivity contribution in [3.05, 3.63) is 28.3 Å². The number of ether oxygens (including phenoxy) is 1. The first kappa shape index (κ1) is 14.7. The molecule has 0 radical (unpaired) electrons. The molecule has 21 heavy (non-hydrogen) atoms. The lowest BCUT2D eigenvalue weighted by atomic mass is 10.2. The Labute approximate surface area is 119 Å². The van der Waals surface area contributed by atoms with E-state index in [-0.39, 0.29) is 43.6 Å². The number of nitrogens with one attached hydrogen (secondary N) is 1. The fourth-order valence-electron chi connectivity index (χ4n) is 1.92. The Hall–Kier alpha value is -2.68. The van der Waals surface area contributed by atoms with Crippen LogP contribution in [-0.2, 0) is 9.59 Å². The second-order valence-corrected chi connectivity index (χ2v) is 4.31. The summed E-state index contributed by atoms with van der Waals surface area (Å²) < 4.78 is 4.96. The second kappa shape index (κ2) is 6.18. The van der Waals surface area contributed by atoms with Crippen LogP contribution < -0.4 is 15.0 Å². The number of carbonyl (C=O) groups excluding carboxylic acids is 2. The Morgan fingerprint density at radius 2 is 2.29 bits per heavy atom. The van der Waals surface area contributed by atoms with Gasteiger partial charge in [-0.15, -0.1) is 0 Å². The molecule has 0 fully saturated rings. The number of non-ortho nitro benzene ring substituents is 1. The van der Waals surface area contributed by atoms with Crippen LogP contribution in [0.15, 0.2) is 18.2 Å². The summed E-state index contributed by atoms with van der Waals surface area (Å²) in [6.07, 6.45) is 0. The third-order valence-electron chi connectivity index (χ3n) is 2.81. The molecule has 0 unspecified atom stereocenters. The van der Waals surface area contributed by atoms with Gasteiger partial charge in [0.25, 0.3) is 5.69 Å². The molecule has 1 aliphatic heterocycles.